The Kier molecular flexibility index (Phi) is 6.40. The molecule has 1 heterocycles. The van der Waals surface area contributed by atoms with E-state index in [1.807, 2.05) is 6.92 Å². The summed E-state index contributed by atoms with van der Waals surface area (Å²) < 4.78 is 11.5. The van der Waals surface area contributed by atoms with Crippen molar-refractivity contribution in [2.45, 2.75) is 71.6 Å². The maximum atomic E-state index is 13.1. The summed E-state index contributed by atoms with van der Waals surface area (Å²) in [4.78, 5) is 28.7. The first-order valence-electron chi connectivity index (χ1n) is 9.32. The molecule has 0 aliphatic heterocycles. The Morgan fingerprint density at radius 1 is 1.10 bits per heavy atom. The van der Waals surface area contributed by atoms with Crippen LogP contribution in [0.5, 0.6) is 5.75 Å². The largest absolute Gasteiger partial charge is 0.505 e. The highest BCUT2D eigenvalue weighted by molar-refractivity contribution is 9.10. The molecule has 2 unspecified atom stereocenters. The fourth-order valence-corrected chi connectivity index (χ4v) is 3.63. The number of phenolic OH excluding ortho intramolecular Hbond substituents is 1. The molecular weight excluding hydrogens is 440 g/mol. The molecule has 2 atom stereocenters. The summed E-state index contributed by atoms with van der Waals surface area (Å²) in [5.74, 6) is -2.46. The smallest absolute Gasteiger partial charge is 0.324 e. The van der Waals surface area contributed by atoms with Crippen molar-refractivity contribution < 1.29 is 24.2 Å². The molecule has 0 aliphatic carbocycles. The quantitative estimate of drug-likeness (QED) is 0.583. The number of nitrogens with one attached hydrogen (secondary N) is 1. The zero-order valence-electron chi connectivity index (χ0n) is 17.8. The highest BCUT2D eigenvalue weighted by atomic mass is 79.9. The first-order chi connectivity index (χ1) is 13.1. The predicted octanol–water partition coefficient (Wildman–Crippen LogP) is 4.04. The molecule has 29 heavy (non-hydrogen) atoms. The predicted molar refractivity (Wildman–Crippen MR) is 115 cm³/mol. The molecule has 1 aromatic heterocycles. The highest BCUT2D eigenvalue weighted by Crippen LogP contribution is 2.39. The van der Waals surface area contributed by atoms with E-state index in [2.05, 4.69) is 20.9 Å². The number of aromatic amines is 1. The van der Waals surface area contributed by atoms with Crippen LogP contribution in [-0.4, -0.2) is 39.3 Å². The van der Waals surface area contributed by atoms with Crippen LogP contribution in [0, 0.1) is 6.92 Å². The van der Waals surface area contributed by atoms with Crippen LogP contribution in [0.1, 0.15) is 58.6 Å². The van der Waals surface area contributed by atoms with Crippen LogP contribution in [0.15, 0.2) is 16.7 Å². The SMILES string of the molecule is Cc1cc(Br)c(O)c2[nH]cc(C(C(=O)OC(C)(C)C)C(N)C(=O)OC(C)(C)C)c12. The first-order valence-corrected chi connectivity index (χ1v) is 10.1. The summed E-state index contributed by atoms with van der Waals surface area (Å²) in [6, 6.07) is 0.452. The van der Waals surface area contributed by atoms with Crippen LogP contribution < -0.4 is 5.73 Å². The van der Waals surface area contributed by atoms with Crippen LogP contribution in [-0.2, 0) is 19.1 Å². The van der Waals surface area contributed by atoms with E-state index in [1.54, 1.807) is 53.8 Å². The van der Waals surface area contributed by atoms with Gasteiger partial charge in [-0.1, -0.05) is 0 Å². The number of fused-ring (bicyclic) bond motifs is 1. The van der Waals surface area contributed by atoms with E-state index in [9.17, 15) is 14.7 Å². The average molecular weight is 469 g/mol. The number of H-pyrrole nitrogens is 1. The minimum atomic E-state index is -1.28. The van der Waals surface area contributed by atoms with Gasteiger partial charge in [0.05, 0.1) is 9.99 Å². The van der Waals surface area contributed by atoms with Crippen LogP contribution in [0.2, 0.25) is 0 Å². The number of hydrogen-bond acceptors (Lipinski definition) is 6. The monoisotopic (exact) mass is 468 g/mol. The van der Waals surface area contributed by atoms with Crippen molar-refractivity contribution in [2.75, 3.05) is 0 Å². The number of hydrogen-bond donors (Lipinski definition) is 3. The number of carbonyl (C=O) groups excluding carboxylic acids is 2. The summed E-state index contributed by atoms with van der Waals surface area (Å²) in [7, 11) is 0. The van der Waals surface area contributed by atoms with E-state index in [-0.39, 0.29) is 5.75 Å². The van der Waals surface area contributed by atoms with E-state index in [1.165, 1.54) is 0 Å². The molecule has 8 heteroatoms. The molecular formula is C21H29BrN2O5. The molecule has 0 bridgehead atoms. The van der Waals surface area contributed by atoms with E-state index >= 15 is 0 Å². The number of nitrogens with two attached hydrogens (primary N) is 1. The highest BCUT2D eigenvalue weighted by Gasteiger charge is 2.39. The number of halogens is 1. The molecule has 0 amide bonds. The van der Waals surface area contributed by atoms with E-state index in [0.717, 1.165) is 5.56 Å². The van der Waals surface area contributed by atoms with Gasteiger partial charge in [-0.2, -0.15) is 0 Å². The third kappa shape index (κ3) is 5.30. The number of benzene rings is 1. The van der Waals surface area contributed by atoms with Gasteiger partial charge in [-0.25, -0.2) is 0 Å². The average Bonchev–Trinajstić information content (AvgIpc) is 2.94. The minimum absolute atomic E-state index is 0.00521. The molecule has 0 saturated heterocycles. The summed E-state index contributed by atoms with van der Waals surface area (Å²) in [6.45, 7) is 12.2. The van der Waals surface area contributed by atoms with Crippen LogP contribution in [0.3, 0.4) is 0 Å². The Morgan fingerprint density at radius 3 is 2.14 bits per heavy atom. The van der Waals surface area contributed by atoms with Crippen LogP contribution in [0.4, 0.5) is 0 Å². The van der Waals surface area contributed by atoms with E-state index in [4.69, 9.17) is 15.2 Å². The van der Waals surface area contributed by atoms with Crippen molar-refractivity contribution in [1.29, 1.82) is 0 Å². The van der Waals surface area contributed by atoms with Crippen molar-refractivity contribution in [3.8, 4) is 5.75 Å². The number of carbonyl (C=O) groups is 2. The summed E-state index contributed by atoms with van der Waals surface area (Å²) in [6.07, 6.45) is 1.57. The van der Waals surface area contributed by atoms with Crippen molar-refractivity contribution in [1.82, 2.24) is 4.98 Å². The Bertz CT molecular complexity index is 937. The lowest BCUT2D eigenvalue weighted by atomic mass is 9.89. The molecule has 0 saturated carbocycles. The van der Waals surface area contributed by atoms with E-state index in [0.29, 0.717) is 20.9 Å². The van der Waals surface area contributed by atoms with Gasteiger partial charge in [0, 0.05) is 11.6 Å². The van der Waals surface area contributed by atoms with Gasteiger partial charge in [-0.05, 0) is 81.6 Å². The summed E-state index contributed by atoms with van der Waals surface area (Å²) in [5.41, 5.74) is 6.41. The Hall–Kier alpha value is -2.06. The second-order valence-corrected chi connectivity index (χ2v) is 9.94. The third-order valence-corrected chi connectivity index (χ3v) is 4.75. The lowest BCUT2D eigenvalue weighted by Crippen LogP contribution is -2.45. The molecule has 0 fully saturated rings. The maximum Gasteiger partial charge on any atom is 0.324 e. The number of aromatic hydroxyl groups is 1. The van der Waals surface area contributed by atoms with Crippen molar-refractivity contribution in [3.05, 3.63) is 27.9 Å². The Morgan fingerprint density at radius 2 is 1.62 bits per heavy atom. The van der Waals surface area contributed by atoms with Gasteiger partial charge < -0.3 is 25.3 Å². The molecule has 0 spiro atoms. The van der Waals surface area contributed by atoms with Crippen LogP contribution >= 0.6 is 15.9 Å². The lowest BCUT2D eigenvalue weighted by Gasteiger charge is -2.28. The molecule has 0 radical (unpaired) electrons. The molecule has 160 valence electrons. The van der Waals surface area contributed by atoms with Gasteiger partial charge in [-0.3, -0.25) is 9.59 Å². The third-order valence-electron chi connectivity index (χ3n) is 4.15. The molecule has 1 aromatic carbocycles. The molecule has 2 rings (SSSR count). The Balaban J connectivity index is 2.62. The van der Waals surface area contributed by atoms with Gasteiger partial charge in [-0.15, -0.1) is 0 Å². The maximum absolute atomic E-state index is 13.1. The van der Waals surface area contributed by atoms with Crippen molar-refractivity contribution in [3.63, 3.8) is 0 Å². The normalized spacial score (nSPS) is 14.5. The zero-order valence-corrected chi connectivity index (χ0v) is 19.4. The first kappa shape index (κ1) is 23.2. The fourth-order valence-electron chi connectivity index (χ4n) is 3.08. The van der Waals surface area contributed by atoms with Crippen LogP contribution in [0.25, 0.3) is 10.9 Å². The van der Waals surface area contributed by atoms with Gasteiger partial charge in [0.1, 0.15) is 23.2 Å². The van der Waals surface area contributed by atoms with Crippen molar-refractivity contribution >= 4 is 38.8 Å². The number of rotatable bonds is 4. The van der Waals surface area contributed by atoms with Gasteiger partial charge >= 0.3 is 11.9 Å². The van der Waals surface area contributed by atoms with Gasteiger partial charge in [0.2, 0.25) is 0 Å². The molecule has 0 aliphatic rings. The standard InChI is InChI=1S/C21H29BrN2O5/c1-10-8-12(22)17(25)16-13(10)11(9-24-16)14(18(26)28-20(2,3)4)15(23)19(27)29-21(5,6)7/h8-9,14-15,24-25H,23H2,1-7H3. The topological polar surface area (TPSA) is 115 Å². The molecule has 4 N–H and O–H groups in total. The minimum Gasteiger partial charge on any atom is -0.505 e. The second kappa shape index (κ2) is 7.99. The fraction of sp³-hybridized carbons (Fsp3) is 0.524. The number of esters is 2. The van der Waals surface area contributed by atoms with Gasteiger partial charge in [0.15, 0.2) is 5.75 Å². The van der Waals surface area contributed by atoms with E-state index < -0.39 is 35.1 Å². The zero-order chi connectivity index (χ0) is 22.3. The Labute approximate surface area is 179 Å². The second-order valence-electron chi connectivity index (χ2n) is 9.09. The number of aryl methyl sites for hydroxylation is 1. The number of aromatic nitrogens is 1. The van der Waals surface area contributed by atoms with Crippen molar-refractivity contribution in [2.24, 2.45) is 5.73 Å². The number of phenols is 1. The molecule has 2 aromatic rings. The summed E-state index contributed by atoms with van der Waals surface area (Å²) in [5, 5.41) is 11.0. The summed E-state index contributed by atoms with van der Waals surface area (Å²) >= 11 is 3.31. The molecule has 7 nitrogen and oxygen atoms in total. The number of ether oxygens (including phenoxy) is 2. The van der Waals surface area contributed by atoms with Gasteiger partial charge in [0.25, 0.3) is 0 Å². The lowest BCUT2D eigenvalue weighted by molar-refractivity contribution is -0.165.